The molecule has 0 saturated carbocycles. The van der Waals surface area contributed by atoms with Gasteiger partial charge in [0.1, 0.15) is 0 Å². The van der Waals surface area contributed by atoms with Crippen molar-refractivity contribution in [1.29, 1.82) is 0 Å². The Morgan fingerprint density at radius 2 is 1.67 bits per heavy atom. The third-order valence-corrected chi connectivity index (χ3v) is 3.20. The molecule has 0 amide bonds. The van der Waals surface area contributed by atoms with Crippen LogP contribution in [0.2, 0.25) is 0 Å². The number of hydrogen-bond acceptors (Lipinski definition) is 1. The molecule has 0 atom stereocenters. The van der Waals surface area contributed by atoms with Gasteiger partial charge in [-0.3, -0.25) is 4.79 Å². The number of rotatable bonds is 0. The van der Waals surface area contributed by atoms with Gasteiger partial charge >= 0.3 is 0 Å². The molecule has 0 aromatic heterocycles. The molecular formula is C11H16O. The van der Waals surface area contributed by atoms with Gasteiger partial charge < -0.3 is 0 Å². The Balaban J connectivity index is 3.25. The highest BCUT2D eigenvalue weighted by molar-refractivity contribution is 6.06. The van der Waals surface area contributed by atoms with Gasteiger partial charge in [0.2, 0.25) is 0 Å². The summed E-state index contributed by atoms with van der Waals surface area (Å²) >= 11 is 0. The van der Waals surface area contributed by atoms with E-state index in [1.54, 1.807) is 6.08 Å². The first-order valence-corrected chi connectivity index (χ1v) is 4.28. The van der Waals surface area contributed by atoms with Gasteiger partial charge in [-0.15, -0.1) is 0 Å². The van der Waals surface area contributed by atoms with Crippen LogP contribution < -0.4 is 0 Å². The maximum Gasteiger partial charge on any atom is 0.181 e. The monoisotopic (exact) mass is 164 g/mol. The van der Waals surface area contributed by atoms with Crippen LogP contribution >= 0.6 is 0 Å². The van der Waals surface area contributed by atoms with E-state index in [9.17, 15) is 4.79 Å². The van der Waals surface area contributed by atoms with E-state index in [1.165, 1.54) is 5.57 Å². The predicted molar refractivity (Wildman–Crippen MR) is 50.9 cm³/mol. The second-order valence-electron chi connectivity index (χ2n) is 4.07. The molecule has 0 radical (unpaired) electrons. The van der Waals surface area contributed by atoms with Crippen molar-refractivity contribution in [2.45, 2.75) is 34.6 Å². The zero-order chi connectivity index (χ0) is 9.52. The summed E-state index contributed by atoms with van der Waals surface area (Å²) in [5.74, 6) is 0.171. The molecule has 0 unspecified atom stereocenters. The zero-order valence-corrected chi connectivity index (χ0v) is 8.49. The minimum atomic E-state index is 0.0675. The quantitative estimate of drug-likeness (QED) is 0.538. The van der Waals surface area contributed by atoms with Crippen LogP contribution in [-0.4, -0.2) is 5.78 Å². The van der Waals surface area contributed by atoms with Crippen molar-refractivity contribution < 1.29 is 4.79 Å². The summed E-state index contributed by atoms with van der Waals surface area (Å²) in [4.78, 5) is 11.4. The topological polar surface area (TPSA) is 17.1 Å². The molecule has 0 saturated heterocycles. The molecule has 1 nitrogen and oxygen atoms in total. The second-order valence-corrected chi connectivity index (χ2v) is 4.07. The smallest absolute Gasteiger partial charge is 0.181 e. The summed E-state index contributed by atoms with van der Waals surface area (Å²) < 4.78 is 0. The zero-order valence-electron chi connectivity index (χ0n) is 8.49. The maximum absolute atomic E-state index is 11.4. The van der Waals surface area contributed by atoms with Crippen LogP contribution in [0, 0.1) is 5.41 Å². The Bertz CT molecular complexity index is 290. The number of carbonyl (C=O) groups excluding carboxylic acids is 1. The molecule has 1 aliphatic rings. The second kappa shape index (κ2) is 2.58. The number of allylic oxidation sites excluding steroid dienone is 4. The van der Waals surface area contributed by atoms with E-state index in [0.29, 0.717) is 0 Å². The Labute approximate surface area is 74.2 Å². The van der Waals surface area contributed by atoms with E-state index in [-0.39, 0.29) is 11.2 Å². The van der Waals surface area contributed by atoms with Gasteiger partial charge in [0.25, 0.3) is 0 Å². The predicted octanol–water partition coefficient (Wildman–Crippen LogP) is 2.88. The summed E-state index contributed by atoms with van der Waals surface area (Å²) in [6, 6.07) is 0. The van der Waals surface area contributed by atoms with E-state index in [0.717, 1.165) is 11.1 Å². The maximum atomic E-state index is 11.4. The lowest BCUT2D eigenvalue weighted by Crippen LogP contribution is -2.22. The minimum absolute atomic E-state index is 0.0675. The van der Waals surface area contributed by atoms with E-state index < -0.39 is 0 Å². The Morgan fingerprint density at radius 1 is 1.17 bits per heavy atom. The molecule has 1 aliphatic carbocycles. The van der Waals surface area contributed by atoms with Crippen molar-refractivity contribution in [3.63, 3.8) is 0 Å². The van der Waals surface area contributed by atoms with Crippen LogP contribution in [0.15, 0.2) is 22.8 Å². The first-order chi connectivity index (χ1) is 5.37. The van der Waals surface area contributed by atoms with Gasteiger partial charge in [-0.05, 0) is 32.4 Å². The summed E-state index contributed by atoms with van der Waals surface area (Å²) in [6.45, 7) is 10.3. The summed E-state index contributed by atoms with van der Waals surface area (Å²) in [5.41, 5.74) is 3.34. The van der Waals surface area contributed by atoms with Crippen molar-refractivity contribution >= 4 is 5.78 Å². The molecule has 0 heterocycles. The van der Waals surface area contributed by atoms with Gasteiger partial charge in [0.05, 0.1) is 0 Å². The van der Waals surface area contributed by atoms with E-state index >= 15 is 0 Å². The van der Waals surface area contributed by atoms with Crippen LogP contribution in [0.5, 0.6) is 0 Å². The normalized spacial score (nSPS) is 22.8. The summed E-state index contributed by atoms with van der Waals surface area (Å²) in [6.07, 6.45) is 1.75. The van der Waals surface area contributed by atoms with Crippen LogP contribution in [0.25, 0.3) is 0 Å². The molecule has 12 heavy (non-hydrogen) atoms. The third-order valence-electron chi connectivity index (χ3n) is 3.20. The van der Waals surface area contributed by atoms with Gasteiger partial charge in [-0.25, -0.2) is 0 Å². The van der Waals surface area contributed by atoms with Gasteiger partial charge in [-0.1, -0.05) is 25.0 Å². The average Bonchev–Trinajstić information content (AvgIpc) is 1.99. The first kappa shape index (κ1) is 9.24. The van der Waals surface area contributed by atoms with Crippen molar-refractivity contribution in [3.05, 3.63) is 22.8 Å². The van der Waals surface area contributed by atoms with Crippen molar-refractivity contribution in [2.75, 3.05) is 0 Å². The molecule has 0 aromatic rings. The van der Waals surface area contributed by atoms with Gasteiger partial charge in [0.15, 0.2) is 5.78 Å². The molecule has 66 valence electrons. The van der Waals surface area contributed by atoms with Crippen molar-refractivity contribution in [3.8, 4) is 0 Å². The molecule has 1 heteroatoms. The van der Waals surface area contributed by atoms with Crippen molar-refractivity contribution in [1.82, 2.24) is 0 Å². The largest absolute Gasteiger partial charge is 0.290 e. The molecule has 0 N–H and O–H groups in total. The fraction of sp³-hybridized carbons (Fsp3) is 0.545. The average molecular weight is 164 g/mol. The fourth-order valence-corrected chi connectivity index (χ4v) is 1.43. The Kier molecular flexibility index (Phi) is 1.99. The van der Waals surface area contributed by atoms with E-state index in [4.69, 9.17) is 0 Å². The van der Waals surface area contributed by atoms with Crippen LogP contribution in [0.1, 0.15) is 34.6 Å². The molecule has 0 spiro atoms. The molecular weight excluding hydrogens is 148 g/mol. The van der Waals surface area contributed by atoms with Crippen LogP contribution in [0.3, 0.4) is 0 Å². The summed E-state index contributed by atoms with van der Waals surface area (Å²) in [7, 11) is 0. The van der Waals surface area contributed by atoms with Crippen LogP contribution in [0.4, 0.5) is 0 Å². The molecule has 0 aliphatic heterocycles. The first-order valence-electron chi connectivity index (χ1n) is 4.28. The summed E-state index contributed by atoms with van der Waals surface area (Å²) in [5, 5.41) is 0. The lowest BCUT2D eigenvalue weighted by molar-refractivity contribution is -0.111. The fourth-order valence-electron chi connectivity index (χ4n) is 1.43. The number of carbonyl (C=O) groups is 1. The SMILES string of the molecule is CC1=CC(=O)C(C)=C(C)C1(C)C. The highest BCUT2D eigenvalue weighted by Crippen LogP contribution is 2.39. The third kappa shape index (κ3) is 1.13. The molecule has 0 aromatic carbocycles. The number of hydrogen-bond donors (Lipinski definition) is 0. The Morgan fingerprint density at radius 3 is 2.17 bits per heavy atom. The number of ketones is 1. The highest BCUT2D eigenvalue weighted by Gasteiger charge is 2.29. The standard InChI is InChI=1S/C11H16O/c1-7-6-10(12)8(2)9(3)11(7,4)5/h6H,1-5H3. The molecule has 0 fully saturated rings. The van der Waals surface area contributed by atoms with Gasteiger partial charge in [-0.2, -0.15) is 0 Å². The lowest BCUT2D eigenvalue weighted by Gasteiger charge is -2.31. The van der Waals surface area contributed by atoms with Crippen LogP contribution in [-0.2, 0) is 4.79 Å². The Hall–Kier alpha value is -0.850. The lowest BCUT2D eigenvalue weighted by atomic mass is 9.72. The highest BCUT2D eigenvalue weighted by atomic mass is 16.1. The molecule has 1 rings (SSSR count). The van der Waals surface area contributed by atoms with E-state index in [1.807, 2.05) is 20.8 Å². The van der Waals surface area contributed by atoms with Gasteiger partial charge in [0, 0.05) is 5.41 Å². The molecule has 0 bridgehead atoms. The van der Waals surface area contributed by atoms with Crippen molar-refractivity contribution in [2.24, 2.45) is 5.41 Å². The van der Waals surface area contributed by atoms with E-state index in [2.05, 4.69) is 13.8 Å². The minimum Gasteiger partial charge on any atom is -0.290 e.